The van der Waals surface area contributed by atoms with Gasteiger partial charge in [0, 0.05) is 28.7 Å². The first-order valence-corrected chi connectivity index (χ1v) is 8.33. The van der Waals surface area contributed by atoms with E-state index in [-0.39, 0.29) is 5.69 Å². The highest BCUT2D eigenvalue weighted by molar-refractivity contribution is 7.99. The van der Waals surface area contributed by atoms with Crippen molar-refractivity contribution in [3.8, 4) is 11.3 Å². The zero-order valence-corrected chi connectivity index (χ0v) is 13.7. The molecule has 0 bridgehead atoms. The predicted octanol–water partition coefficient (Wildman–Crippen LogP) is 4.68. The number of rotatable bonds is 4. The molecule has 0 saturated heterocycles. The van der Waals surface area contributed by atoms with E-state index < -0.39 is 4.92 Å². The number of nitro benzene ring substituents is 1. The Bertz CT molecular complexity index is 1060. The predicted molar refractivity (Wildman–Crippen MR) is 96.5 cm³/mol. The number of nitrogens with zero attached hydrogens (tertiary/aromatic N) is 3. The summed E-state index contributed by atoms with van der Waals surface area (Å²) in [6.07, 6.45) is 4.94. The summed E-state index contributed by atoms with van der Waals surface area (Å²) in [5, 5.41) is 13.2. The van der Waals surface area contributed by atoms with Crippen LogP contribution in [0.5, 0.6) is 0 Å². The molecule has 0 spiro atoms. The van der Waals surface area contributed by atoms with Crippen LogP contribution in [0.25, 0.3) is 22.0 Å². The highest BCUT2D eigenvalue weighted by atomic mass is 32.2. The van der Waals surface area contributed by atoms with Crippen LogP contribution in [0.2, 0.25) is 0 Å². The Morgan fingerprint density at radius 2 is 1.84 bits per heavy atom. The molecule has 25 heavy (non-hydrogen) atoms. The first-order chi connectivity index (χ1) is 12.2. The number of hydrogen-bond acceptors (Lipinski definition) is 5. The molecular formula is C18H12N4O2S. The third-order valence-electron chi connectivity index (χ3n) is 3.80. The van der Waals surface area contributed by atoms with Crippen LogP contribution >= 0.6 is 11.8 Å². The number of aromatic amines is 1. The Kier molecular flexibility index (Phi) is 3.91. The van der Waals surface area contributed by atoms with Crippen LogP contribution in [0.4, 0.5) is 5.69 Å². The number of pyridine rings is 1. The van der Waals surface area contributed by atoms with Gasteiger partial charge in [0.1, 0.15) is 0 Å². The van der Waals surface area contributed by atoms with Crippen molar-refractivity contribution in [1.82, 2.24) is 15.0 Å². The maximum Gasteiger partial charge on any atom is 0.278 e. The molecule has 0 fully saturated rings. The number of non-ortho nitro benzene ring substituents is 1. The van der Waals surface area contributed by atoms with Gasteiger partial charge in [-0.15, -0.1) is 0 Å². The zero-order chi connectivity index (χ0) is 17.2. The first-order valence-electron chi connectivity index (χ1n) is 7.52. The van der Waals surface area contributed by atoms with Crippen molar-refractivity contribution < 1.29 is 4.92 Å². The van der Waals surface area contributed by atoms with Crippen molar-refractivity contribution in [2.75, 3.05) is 0 Å². The number of fused-ring (bicyclic) bond motifs is 1. The van der Waals surface area contributed by atoms with Crippen LogP contribution in [0, 0.1) is 10.1 Å². The van der Waals surface area contributed by atoms with Gasteiger partial charge in [-0.25, -0.2) is 4.98 Å². The minimum absolute atomic E-state index is 0.0527. The van der Waals surface area contributed by atoms with Gasteiger partial charge in [0.25, 0.3) is 5.69 Å². The standard InChI is InChI=1S/C18H12N4O2S/c23-22(24)16-6-7-17(13-8-9-19-10-14(13)16)25-18-20-11-15(21-18)12-4-2-1-3-5-12/h1-11H,(H,20,21). The van der Waals surface area contributed by atoms with Crippen molar-refractivity contribution in [1.29, 1.82) is 0 Å². The zero-order valence-electron chi connectivity index (χ0n) is 12.9. The third-order valence-corrected chi connectivity index (χ3v) is 4.77. The van der Waals surface area contributed by atoms with Gasteiger partial charge in [-0.05, 0) is 17.7 Å². The van der Waals surface area contributed by atoms with Crippen LogP contribution in [-0.4, -0.2) is 19.9 Å². The molecule has 0 amide bonds. The largest absolute Gasteiger partial charge is 0.333 e. The summed E-state index contributed by atoms with van der Waals surface area (Å²) in [6, 6.07) is 15.0. The summed E-state index contributed by atoms with van der Waals surface area (Å²) in [4.78, 5) is 23.4. The molecule has 0 aliphatic rings. The number of benzene rings is 2. The van der Waals surface area contributed by atoms with Crippen LogP contribution < -0.4 is 0 Å². The Morgan fingerprint density at radius 1 is 1.00 bits per heavy atom. The molecule has 0 atom stereocenters. The van der Waals surface area contributed by atoms with Gasteiger partial charge in [0.2, 0.25) is 0 Å². The molecule has 2 heterocycles. The molecule has 0 unspecified atom stereocenters. The number of hydrogen-bond donors (Lipinski definition) is 1. The SMILES string of the molecule is O=[N+]([O-])c1ccc(Sc2ncc(-c3ccccc3)[nH]2)c2ccncc12. The quantitative estimate of drug-likeness (QED) is 0.427. The number of nitrogens with one attached hydrogen (secondary N) is 1. The summed E-state index contributed by atoms with van der Waals surface area (Å²) >= 11 is 1.44. The fraction of sp³-hybridized carbons (Fsp3) is 0. The fourth-order valence-electron chi connectivity index (χ4n) is 2.62. The molecule has 2 aromatic carbocycles. The smallest absolute Gasteiger partial charge is 0.278 e. The van der Waals surface area contributed by atoms with Crippen molar-refractivity contribution in [3.05, 3.63) is 77.2 Å². The Hall–Kier alpha value is -3.19. The Morgan fingerprint density at radius 3 is 2.64 bits per heavy atom. The van der Waals surface area contributed by atoms with Crippen molar-refractivity contribution in [2.24, 2.45) is 0 Å². The molecule has 0 radical (unpaired) electrons. The molecule has 4 aromatic rings. The maximum atomic E-state index is 11.2. The van der Waals surface area contributed by atoms with E-state index in [0.29, 0.717) is 5.39 Å². The lowest BCUT2D eigenvalue weighted by atomic mass is 10.1. The number of nitro groups is 1. The molecule has 0 aliphatic heterocycles. The summed E-state index contributed by atoms with van der Waals surface area (Å²) < 4.78 is 0. The molecule has 2 aromatic heterocycles. The fourth-order valence-corrected chi connectivity index (χ4v) is 3.52. The minimum Gasteiger partial charge on any atom is -0.333 e. The Labute approximate surface area is 147 Å². The normalized spacial score (nSPS) is 10.9. The third kappa shape index (κ3) is 2.97. The lowest BCUT2D eigenvalue weighted by molar-refractivity contribution is -0.383. The summed E-state index contributed by atoms with van der Waals surface area (Å²) in [5.74, 6) is 0. The second-order valence-corrected chi connectivity index (χ2v) is 6.36. The van der Waals surface area contributed by atoms with Gasteiger partial charge >= 0.3 is 0 Å². The lowest BCUT2D eigenvalue weighted by Gasteiger charge is -2.05. The average Bonchev–Trinajstić information content (AvgIpc) is 3.11. The van der Waals surface area contributed by atoms with Gasteiger partial charge in [0.05, 0.1) is 22.2 Å². The van der Waals surface area contributed by atoms with Crippen molar-refractivity contribution >= 4 is 28.2 Å². The van der Waals surface area contributed by atoms with Gasteiger partial charge in [-0.1, -0.05) is 42.1 Å². The molecule has 122 valence electrons. The van der Waals surface area contributed by atoms with Gasteiger partial charge in [-0.3, -0.25) is 15.1 Å². The van der Waals surface area contributed by atoms with E-state index in [9.17, 15) is 10.1 Å². The van der Waals surface area contributed by atoms with Gasteiger partial charge < -0.3 is 4.98 Å². The second kappa shape index (κ2) is 6.37. The van der Waals surface area contributed by atoms with E-state index in [1.807, 2.05) is 30.3 Å². The molecule has 1 N–H and O–H groups in total. The van der Waals surface area contributed by atoms with Gasteiger partial charge in [-0.2, -0.15) is 0 Å². The van der Waals surface area contributed by atoms with E-state index >= 15 is 0 Å². The van der Waals surface area contributed by atoms with Crippen LogP contribution in [0.15, 0.2) is 77.2 Å². The van der Waals surface area contributed by atoms with Crippen LogP contribution in [0.3, 0.4) is 0 Å². The average molecular weight is 348 g/mol. The number of aromatic nitrogens is 3. The molecule has 0 saturated carbocycles. The minimum atomic E-state index is -0.390. The monoisotopic (exact) mass is 348 g/mol. The summed E-state index contributed by atoms with van der Waals surface area (Å²) in [5.41, 5.74) is 2.03. The highest BCUT2D eigenvalue weighted by Gasteiger charge is 2.15. The molecule has 7 heteroatoms. The van der Waals surface area contributed by atoms with Crippen LogP contribution in [0.1, 0.15) is 0 Å². The number of imidazole rings is 1. The number of H-pyrrole nitrogens is 1. The first kappa shape index (κ1) is 15.3. The molecule has 4 rings (SSSR count). The maximum absolute atomic E-state index is 11.2. The molecule has 6 nitrogen and oxygen atoms in total. The van der Waals surface area contributed by atoms with Crippen molar-refractivity contribution in [2.45, 2.75) is 10.1 Å². The van der Waals surface area contributed by atoms with Crippen LogP contribution in [-0.2, 0) is 0 Å². The summed E-state index contributed by atoms with van der Waals surface area (Å²) in [6.45, 7) is 0. The van der Waals surface area contributed by atoms with Gasteiger partial charge in [0.15, 0.2) is 5.16 Å². The van der Waals surface area contributed by atoms with E-state index in [0.717, 1.165) is 26.7 Å². The van der Waals surface area contributed by atoms with E-state index in [1.165, 1.54) is 24.0 Å². The lowest BCUT2D eigenvalue weighted by Crippen LogP contribution is -1.91. The second-order valence-electron chi connectivity index (χ2n) is 5.33. The van der Waals surface area contributed by atoms with E-state index in [4.69, 9.17) is 0 Å². The van der Waals surface area contributed by atoms with E-state index in [1.54, 1.807) is 24.5 Å². The topological polar surface area (TPSA) is 84.7 Å². The summed E-state index contributed by atoms with van der Waals surface area (Å²) in [7, 11) is 0. The highest BCUT2D eigenvalue weighted by Crippen LogP contribution is 2.36. The van der Waals surface area contributed by atoms with E-state index in [2.05, 4.69) is 15.0 Å². The van der Waals surface area contributed by atoms with Crippen molar-refractivity contribution in [3.63, 3.8) is 0 Å². The molecule has 0 aliphatic carbocycles. The molecular weight excluding hydrogens is 336 g/mol. The Balaban J connectivity index is 1.71.